The number of nitrogens with zero attached hydrogens (tertiary/aromatic N) is 2. The number of ether oxygens (including phenoxy) is 1. The van der Waals surface area contributed by atoms with Crippen LogP contribution in [0.15, 0.2) is 58.2 Å². The van der Waals surface area contributed by atoms with E-state index in [0.29, 0.717) is 11.0 Å². The van der Waals surface area contributed by atoms with Crippen molar-refractivity contribution in [2.24, 2.45) is 0 Å². The molecular formula is C20H20N2O3S. The lowest BCUT2D eigenvalue weighted by Gasteiger charge is -2.25. The molecule has 134 valence electrons. The second kappa shape index (κ2) is 7.41. The quantitative estimate of drug-likeness (QED) is 0.629. The van der Waals surface area contributed by atoms with Gasteiger partial charge in [0.1, 0.15) is 11.3 Å². The maximum absolute atomic E-state index is 12.8. The number of rotatable bonds is 5. The van der Waals surface area contributed by atoms with Crippen LogP contribution < -0.4 is 4.74 Å². The van der Waals surface area contributed by atoms with E-state index in [9.17, 15) is 4.79 Å². The molecule has 0 saturated carbocycles. The molecule has 0 radical (unpaired) electrons. The highest BCUT2D eigenvalue weighted by Gasteiger charge is 2.30. The Labute approximate surface area is 156 Å². The van der Waals surface area contributed by atoms with Crippen molar-refractivity contribution in [3.8, 4) is 5.75 Å². The number of hydrogen-bond acceptors (Lipinski definition) is 5. The predicted molar refractivity (Wildman–Crippen MR) is 101 cm³/mol. The van der Waals surface area contributed by atoms with Crippen molar-refractivity contribution in [1.29, 1.82) is 0 Å². The molecule has 1 atom stereocenters. The van der Waals surface area contributed by atoms with E-state index < -0.39 is 0 Å². The lowest BCUT2D eigenvalue weighted by Crippen LogP contribution is -2.31. The molecule has 0 unspecified atom stereocenters. The van der Waals surface area contributed by atoms with Gasteiger partial charge in [-0.3, -0.25) is 4.79 Å². The number of fused-ring (bicyclic) bond motifs is 1. The number of aromatic nitrogens is 1. The molecule has 0 aliphatic carbocycles. The minimum atomic E-state index is 0.113. The molecule has 1 aliphatic heterocycles. The fraction of sp³-hybridized carbons (Fsp3) is 0.300. The Kier molecular flexibility index (Phi) is 4.84. The van der Waals surface area contributed by atoms with Crippen LogP contribution in [0.1, 0.15) is 24.4 Å². The van der Waals surface area contributed by atoms with Crippen molar-refractivity contribution in [3.63, 3.8) is 0 Å². The zero-order valence-electron chi connectivity index (χ0n) is 14.6. The van der Waals surface area contributed by atoms with Crippen LogP contribution in [0.3, 0.4) is 0 Å². The molecule has 1 amide bonds. The number of carbonyl (C=O) groups is 1. The average Bonchev–Trinajstić information content (AvgIpc) is 3.32. The summed E-state index contributed by atoms with van der Waals surface area (Å²) in [6.45, 7) is 0.787. The van der Waals surface area contributed by atoms with Crippen LogP contribution >= 0.6 is 11.8 Å². The van der Waals surface area contributed by atoms with Gasteiger partial charge in [0.25, 0.3) is 5.22 Å². The molecule has 1 aliphatic rings. The van der Waals surface area contributed by atoms with Gasteiger partial charge in [-0.1, -0.05) is 36.0 Å². The second-order valence-corrected chi connectivity index (χ2v) is 7.18. The largest absolute Gasteiger partial charge is 0.497 e. The fourth-order valence-corrected chi connectivity index (χ4v) is 4.10. The standard InChI is InChI=1S/C20H20N2O3S/c1-24-15-7-4-6-14(12-15)17-9-5-11-22(17)19(23)13-26-20-21-16-8-2-3-10-18(16)25-20/h2-4,6-8,10,12,17H,5,9,11,13H2,1H3/t17-/m1/s1. The van der Waals surface area contributed by atoms with E-state index in [0.717, 1.165) is 41.8 Å². The summed E-state index contributed by atoms with van der Waals surface area (Å²) in [4.78, 5) is 19.2. The van der Waals surface area contributed by atoms with Crippen molar-refractivity contribution in [2.75, 3.05) is 19.4 Å². The summed E-state index contributed by atoms with van der Waals surface area (Å²) in [5, 5.41) is 0.539. The molecule has 3 aromatic rings. The van der Waals surface area contributed by atoms with Gasteiger partial charge < -0.3 is 14.1 Å². The first kappa shape index (κ1) is 17.0. The van der Waals surface area contributed by atoms with Gasteiger partial charge in [-0.15, -0.1) is 0 Å². The predicted octanol–water partition coefficient (Wildman–Crippen LogP) is 4.29. The van der Waals surface area contributed by atoms with Crippen LogP contribution in [0.2, 0.25) is 0 Å². The van der Waals surface area contributed by atoms with Gasteiger partial charge in [0.15, 0.2) is 5.58 Å². The van der Waals surface area contributed by atoms with E-state index in [1.807, 2.05) is 47.4 Å². The molecular weight excluding hydrogens is 348 g/mol. The van der Waals surface area contributed by atoms with Crippen molar-refractivity contribution >= 4 is 28.8 Å². The highest BCUT2D eigenvalue weighted by atomic mass is 32.2. The third kappa shape index (κ3) is 3.42. The zero-order chi connectivity index (χ0) is 17.9. The number of hydrogen-bond donors (Lipinski definition) is 0. The Morgan fingerprint density at radius 3 is 3.04 bits per heavy atom. The monoisotopic (exact) mass is 368 g/mol. The number of benzene rings is 2. The van der Waals surface area contributed by atoms with E-state index in [2.05, 4.69) is 11.1 Å². The minimum absolute atomic E-state index is 0.113. The van der Waals surface area contributed by atoms with Crippen LogP contribution in [0.25, 0.3) is 11.1 Å². The third-order valence-electron chi connectivity index (χ3n) is 4.65. The van der Waals surface area contributed by atoms with Gasteiger partial charge in [0, 0.05) is 6.54 Å². The number of amides is 1. The molecule has 26 heavy (non-hydrogen) atoms. The highest BCUT2D eigenvalue weighted by Crippen LogP contribution is 2.34. The highest BCUT2D eigenvalue weighted by molar-refractivity contribution is 7.99. The first-order valence-corrected chi connectivity index (χ1v) is 9.65. The van der Waals surface area contributed by atoms with Crippen LogP contribution in [-0.2, 0) is 4.79 Å². The summed E-state index contributed by atoms with van der Waals surface area (Å²) in [6, 6.07) is 15.7. The van der Waals surface area contributed by atoms with Gasteiger partial charge in [0.2, 0.25) is 5.91 Å². The number of para-hydroxylation sites is 2. The molecule has 6 heteroatoms. The van der Waals surface area contributed by atoms with Crippen LogP contribution in [-0.4, -0.2) is 35.2 Å². The normalized spacial score (nSPS) is 17.0. The Hall–Kier alpha value is -2.47. The van der Waals surface area contributed by atoms with Gasteiger partial charge in [-0.05, 0) is 42.7 Å². The number of likely N-dealkylation sites (tertiary alicyclic amines) is 1. The molecule has 1 fully saturated rings. The topological polar surface area (TPSA) is 55.6 Å². The molecule has 0 N–H and O–H groups in total. The van der Waals surface area contributed by atoms with Gasteiger partial charge >= 0.3 is 0 Å². The number of carbonyl (C=O) groups excluding carboxylic acids is 1. The van der Waals surface area contributed by atoms with Crippen LogP contribution in [0, 0.1) is 0 Å². The summed E-state index contributed by atoms with van der Waals surface area (Å²) in [5.74, 6) is 1.26. The van der Waals surface area contributed by atoms with Crippen molar-refractivity contribution in [1.82, 2.24) is 9.88 Å². The molecule has 0 bridgehead atoms. The number of oxazole rings is 1. The maximum atomic E-state index is 12.8. The second-order valence-electron chi connectivity index (χ2n) is 6.26. The summed E-state index contributed by atoms with van der Waals surface area (Å²) in [6.07, 6.45) is 1.99. The molecule has 5 nitrogen and oxygen atoms in total. The third-order valence-corrected chi connectivity index (χ3v) is 5.46. The maximum Gasteiger partial charge on any atom is 0.257 e. The Balaban J connectivity index is 1.44. The van der Waals surface area contributed by atoms with E-state index in [-0.39, 0.29) is 11.9 Å². The number of methoxy groups -OCH3 is 1. The molecule has 1 saturated heterocycles. The van der Waals surface area contributed by atoms with Crippen molar-refractivity contribution in [3.05, 3.63) is 54.1 Å². The Morgan fingerprint density at radius 2 is 2.19 bits per heavy atom. The molecule has 2 aromatic carbocycles. The van der Waals surface area contributed by atoms with E-state index in [4.69, 9.17) is 9.15 Å². The zero-order valence-corrected chi connectivity index (χ0v) is 15.4. The SMILES string of the molecule is COc1cccc([C@H]2CCCN2C(=O)CSc2nc3ccccc3o2)c1. The van der Waals surface area contributed by atoms with E-state index in [1.165, 1.54) is 11.8 Å². The van der Waals surface area contributed by atoms with Gasteiger partial charge in [0.05, 0.1) is 18.9 Å². The first-order valence-electron chi connectivity index (χ1n) is 8.66. The first-order chi connectivity index (χ1) is 12.7. The van der Waals surface area contributed by atoms with Gasteiger partial charge in [-0.2, -0.15) is 0 Å². The summed E-state index contributed by atoms with van der Waals surface area (Å²) in [7, 11) is 1.66. The van der Waals surface area contributed by atoms with Crippen molar-refractivity contribution < 1.29 is 13.9 Å². The van der Waals surface area contributed by atoms with E-state index >= 15 is 0 Å². The fourth-order valence-electron chi connectivity index (χ4n) is 3.38. The lowest BCUT2D eigenvalue weighted by atomic mass is 10.0. The molecule has 4 rings (SSSR count). The van der Waals surface area contributed by atoms with E-state index in [1.54, 1.807) is 7.11 Å². The minimum Gasteiger partial charge on any atom is -0.497 e. The summed E-state index contributed by atoms with van der Waals surface area (Å²) < 4.78 is 11.0. The molecule has 0 spiro atoms. The Bertz CT molecular complexity index is 891. The van der Waals surface area contributed by atoms with Crippen LogP contribution in [0.4, 0.5) is 0 Å². The van der Waals surface area contributed by atoms with Crippen LogP contribution in [0.5, 0.6) is 5.75 Å². The van der Waals surface area contributed by atoms with Crippen molar-refractivity contribution in [2.45, 2.75) is 24.1 Å². The Morgan fingerprint density at radius 1 is 1.31 bits per heavy atom. The lowest BCUT2D eigenvalue weighted by molar-refractivity contribution is -0.129. The summed E-state index contributed by atoms with van der Waals surface area (Å²) in [5.41, 5.74) is 2.69. The molecule has 1 aromatic heterocycles. The van der Waals surface area contributed by atoms with Gasteiger partial charge in [-0.25, -0.2) is 4.98 Å². The summed E-state index contributed by atoms with van der Waals surface area (Å²) >= 11 is 1.35. The molecule has 2 heterocycles. The average molecular weight is 368 g/mol. The number of thioether (sulfide) groups is 1. The smallest absolute Gasteiger partial charge is 0.257 e.